The summed E-state index contributed by atoms with van der Waals surface area (Å²) in [6.45, 7) is 4.25. The Morgan fingerprint density at radius 2 is 2.04 bits per heavy atom. The van der Waals surface area contributed by atoms with Gasteiger partial charge in [-0.1, -0.05) is 12.8 Å². The molecule has 0 aromatic carbocycles. The number of aromatic amines is 1. The number of likely N-dealkylation sites (tertiary alicyclic amines) is 2. The van der Waals surface area contributed by atoms with E-state index in [0.717, 1.165) is 57.6 Å². The molecule has 142 valence electrons. The Kier molecular flexibility index (Phi) is 4.71. The van der Waals surface area contributed by atoms with Crippen molar-refractivity contribution < 1.29 is 9.59 Å². The monoisotopic (exact) mass is 359 g/mol. The van der Waals surface area contributed by atoms with E-state index in [4.69, 9.17) is 0 Å². The highest BCUT2D eigenvalue weighted by Gasteiger charge is 2.44. The molecule has 7 nitrogen and oxygen atoms in total. The first kappa shape index (κ1) is 17.5. The lowest BCUT2D eigenvalue weighted by molar-refractivity contribution is -0.145. The van der Waals surface area contributed by atoms with E-state index in [1.54, 1.807) is 0 Å². The standard InChI is InChI=1S/C19H29N5O2/c1-14-20-16(22-21-14)11-18(26)23-10-4-8-19(12-23)9-7-17(25)24(13-19)15-5-2-3-6-15/h15H,2-13H2,1H3,(H,20,21,22)/t19-/m0/s1. The summed E-state index contributed by atoms with van der Waals surface area (Å²) in [5.41, 5.74) is 0.0827. The Labute approximate surface area is 154 Å². The molecule has 1 aromatic rings. The van der Waals surface area contributed by atoms with Gasteiger partial charge in [0.1, 0.15) is 5.82 Å². The molecular formula is C19H29N5O2. The van der Waals surface area contributed by atoms with Crippen LogP contribution in [0.15, 0.2) is 0 Å². The molecule has 1 aromatic heterocycles. The molecule has 7 heteroatoms. The fourth-order valence-electron chi connectivity index (χ4n) is 5.06. The van der Waals surface area contributed by atoms with E-state index in [0.29, 0.717) is 24.2 Å². The molecule has 26 heavy (non-hydrogen) atoms. The van der Waals surface area contributed by atoms with Crippen molar-refractivity contribution in [1.29, 1.82) is 0 Å². The third-order valence-electron chi connectivity index (χ3n) is 6.43. The second-order valence-electron chi connectivity index (χ2n) is 8.39. The minimum absolute atomic E-state index is 0.0827. The van der Waals surface area contributed by atoms with Crippen molar-refractivity contribution in [2.75, 3.05) is 19.6 Å². The van der Waals surface area contributed by atoms with Gasteiger partial charge in [0.15, 0.2) is 5.82 Å². The number of aryl methyl sites for hydroxylation is 1. The third kappa shape index (κ3) is 3.48. The number of rotatable bonds is 3. The summed E-state index contributed by atoms with van der Waals surface area (Å²) < 4.78 is 0. The van der Waals surface area contributed by atoms with Crippen LogP contribution in [0.2, 0.25) is 0 Å². The van der Waals surface area contributed by atoms with Gasteiger partial charge in [0.05, 0.1) is 6.42 Å². The highest BCUT2D eigenvalue weighted by molar-refractivity contribution is 5.79. The van der Waals surface area contributed by atoms with Gasteiger partial charge in [-0.3, -0.25) is 14.7 Å². The summed E-state index contributed by atoms with van der Waals surface area (Å²) in [4.78, 5) is 33.6. The van der Waals surface area contributed by atoms with Crippen LogP contribution in [-0.2, 0) is 16.0 Å². The van der Waals surface area contributed by atoms with Crippen molar-refractivity contribution in [3.63, 3.8) is 0 Å². The molecule has 0 unspecified atom stereocenters. The Balaban J connectivity index is 1.43. The number of aromatic nitrogens is 3. The van der Waals surface area contributed by atoms with Crippen LogP contribution in [0.5, 0.6) is 0 Å². The molecule has 1 aliphatic carbocycles. The summed E-state index contributed by atoms with van der Waals surface area (Å²) in [6.07, 6.45) is 8.72. The Hall–Kier alpha value is -1.92. The molecule has 0 bridgehead atoms. The number of hydrogen-bond acceptors (Lipinski definition) is 4. The number of amides is 2. The summed E-state index contributed by atoms with van der Waals surface area (Å²) in [5, 5.41) is 6.89. The normalized spacial score (nSPS) is 27.5. The molecule has 3 fully saturated rings. The average Bonchev–Trinajstić information content (AvgIpc) is 3.29. The molecule has 2 aliphatic heterocycles. The largest absolute Gasteiger partial charge is 0.342 e. The minimum atomic E-state index is 0.0827. The highest BCUT2D eigenvalue weighted by Crippen LogP contribution is 2.41. The predicted octanol–water partition coefficient (Wildman–Crippen LogP) is 1.83. The van der Waals surface area contributed by atoms with Gasteiger partial charge in [-0.05, 0) is 39.0 Å². The van der Waals surface area contributed by atoms with Crippen molar-refractivity contribution in [2.24, 2.45) is 5.41 Å². The molecule has 1 spiro atoms. The van der Waals surface area contributed by atoms with Crippen molar-refractivity contribution in [1.82, 2.24) is 25.0 Å². The van der Waals surface area contributed by atoms with Crippen molar-refractivity contribution in [3.05, 3.63) is 11.6 Å². The molecule has 2 saturated heterocycles. The molecule has 2 amide bonds. The summed E-state index contributed by atoms with van der Waals surface area (Å²) in [6, 6.07) is 0.432. The minimum Gasteiger partial charge on any atom is -0.342 e. The van der Waals surface area contributed by atoms with Crippen molar-refractivity contribution in [3.8, 4) is 0 Å². The molecule has 1 atom stereocenters. The molecular weight excluding hydrogens is 330 g/mol. The maximum absolute atomic E-state index is 12.8. The SMILES string of the molecule is Cc1nc(CC(=O)N2CCC[C@]3(CCC(=O)N(C4CCCC4)C3)C2)n[nH]1. The predicted molar refractivity (Wildman–Crippen MR) is 96.3 cm³/mol. The number of hydrogen-bond donors (Lipinski definition) is 1. The summed E-state index contributed by atoms with van der Waals surface area (Å²) >= 11 is 0. The zero-order chi connectivity index (χ0) is 18.1. The van der Waals surface area contributed by atoms with Crippen LogP contribution >= 0.6 is 0 Å². The van der Waals surface area contributed by atoms with E-state index in [1.807, 2.05) is 11.8 Å². The lowest BCUT2D eigenvalue weighted by Crippen LogP contribution is -2.57. The first-order valence-corrected chi connectivity index (χ1v) is 10.00. The first-order valence-electron chi connectivity index (χ1n) is 10.00. The Bertz CT molecular complexity index is 681. The molecule has 1 saturated carbocycles. The van der Waals surface area contributed by atoms with E-state index in [2.05, 4.69) is 20.1 Å². The van der Waals surface area contributed by atoms with Gasteiger partial charge < -0.3 is 9.80 Å². The molecule has 0 radical (unpaired) electrons. The molecule has 4 rings (SSSR count). The van der Waals surface area contributed by atoms with Crippen LogP contribution < -0.4 is 0 Å². The number of piperidine rings is 2. The van der Waals surface area contributed by atoms with E-state index >= 15 is 0 Å². The van der Waals surface area contributed by atoms with Gasteiger partial charge in [-0.25, -0.2) is 4.98 Å². The third-order valence-corrected chi connectivity index (χ3v) is 6.43. The van der Waals surface area contributed by atoms with Gasteiger partial charge >= 0.3 is 0 Å². The zero-order valence-corrected chi connectivity index (χ0v) is 15.7. The Morgan fingerprint density at radius 1 is 1.23 bits per heavy atom. The van der Waals surface area contributed by atoms with Crippen LogP contribution in [0.3, 0.4) is 0 Å². The summed E-state index contributed by atoms with van der Waals surface area (Å²) in [5.74, 6) is 1.73. The highest BCUT2D eigenvalue weighted by atomic mass is 16.2. The van der Waals surface area contributed by atoms with Gasteiger partial charge in [0.25, 0.3) is 0 Å². The van der Waals surface area contributed by atoms with E-state index in [1.165, 1.54) is 12.8 Å². The summed E-state index contributed by atoms with van der Waals surface area (Å²) in [7, 11) is 0. The smallest absolute Gasteiger partial charge is 0.230 e. The van der Waals surface area contributed by atoms with Gasteiger partial charge in [0, 0.05) is 37.5 Å². The lowest BCUT2D eigenvalue weighted by Gasteiger charge is -2.49. The number of carbonyl (C=O) groups is 2. The maximum Gasteiger partial charge on any atom is 0.230 e. The van der Waals surface area contributed by atoms with E-state index in [-0.39, 0.29) is 17.7 Å². The van der Waals surface area contributed by atoms with Crippen LogP contribution in [0.4, 0.5) is 0 Å². The van der Waals surface area contributed by atoms with E-state index < -0.39 is 0 Å². The number of carbonyl (C=O) groups excluding carboxylic acids is 2. The van der Waals surface area contributed by atoms with Gasteiger partial charge in [-0.15, -0.1) is 0 Å². The second kappa shape index (κ2) is 7.00. The topological polar surface area (TPSA) is 82.2 Å². The lowest BCUT2D eigenvalue weighted by atomic mass is 9.73. The number of nitrogens with one attached hydrogen (secondary N) is 1. The van der Waals surface area contributed by atoms with Gasteiger partial charge in [-0.2, -0.15) is 5.10 Å². The quantitative estimate of drug-likeness (QED) is 0.893. The van der Waals surface area contributed by atoms with Crippen LogP contribution in [0, 0.1) is 12.3 Å². The molecule has 1 N–H and O–H groups in total. The second-order valence-corrected chi connectivity index (χ2v) is 8.39. The molecule has 3 heterocycles. The maximum atomic E-state index is 12.8. The molecule has 3 aliphatic rings. The van der Waals surface area contributed by atoms with Crippen molar-refractivity contribution >= 4 is 11.8 Å². The van der Waals surface area contributed by atoms with Crippen LogP contribution in [0.25, 0.3) is 0 Å². The van der Waals surface area contributed by atoms with Gasteiger partial charge in [0.2, 0.25) is 11.8 Å². The Morgan fingerprint density at radius 3 is 2.77 bits per heavy atom. The van der Waals surface area contributed by atoms with Crippen LogP contribution in [-0.4, -0.2) is 62.5 Å². The van der Waals surface area contributed by atoms with E-state index in [9.17, 15) is 9.59 Å². The average molecular weight is 359 g/mol. The number of nitrogens with zero attached hydrogens (tertiary/aromatic N) is 4. The zero-order valence-electron chi connectivity index (χ0n) is 15.7. The van der Waals surface area contributed by atoms with Crippen LogP contribution in [0.1, 0.15) is 63.0 Å². The van der Waals surface area contributed by atoms with Crippen molar-refractivity contribution in [2.45, 2.75) is 70.8 Å². The fourth-order valence-corrected chi connectivity index (χ4v) is 5.06. The number of H-pyrrole nitrogens is 1. The first-order chi connectivity index (χ1) is 12.5. The fraction of sp³-hybridized carbons (Fsp3) is 0.789.